The molecule has 0 bridgehead atoms. The van der Waals surface area contributed by atoms with E-state index in [1.54, 1.807) is 0 Å². The molecule has 0 spiro atoms. The fourth-order valence-corrected chi connectivity index (χ4v) is 0.755. The summed E-state index contributed by atoms with van der Waals surface area (Å²) in [7, 11) is 0. The molecule has 1 heterocycles. The molecule has 0 aliphatic carbocycles. The Morgan fingerprint density at radius 2 is 2.40 bits per heavy atom. The van der Waals surface area contributed by atoms with Gasteiger partial charge < -0.3 is 5.11 Å². The molecule has 1 unspecified atom stereocenters. The number of rotatable bonds is 0. The monoisotopic (exact) mass is 181 g/mol. The van der Waals surface area contributed by atoms with E-state index in [4.69, 9.17) is 16.9 Å². The van der Waals surface area contributed by atoms with Gasteiger partial charge in [0.15, 0.2) is 5.11 Å². The average Bonchev–Trinajstić information content (AvgIpc) is 1.82. The van der Waals surface area contributed by atoms with Crippen molar-refractivity contribution in [2.24, 2.45) is 0 Å². The zero-order chi connectivity index (χ0) is 7.72. The van der Waals surface area contributed by atoms with Gasteiger partial charge in [-0.15, -0.1) is 0 Å². The van der Waals surface area contributed by atoms with E-state index in [0.717, 1.165) is 4.42 Å². The highest BCUT2D eigenvalue weighted by atomic mass is 35.5. The molecule has 0 aromatic carbocycles. The molecule has 1 aliphatic heterocycles. The van der Waals surface area contributed by atoms with Crippen molar-refractivity contribution < 1.29 is 9.90 Å². The molecule has 1 saturated heterocycles. The average molecular weight is 182 g/mol. The highest BCUT2D eigenvalue weighted by Gasteiger charge is 2.25. The normalized spacial score (nSPS) is 25.8. The van der Waals surface area contributed by atoms with Crippen LogP contribution in [0.3, 0.4) is 0 Å². The zero-order valence-electron chi connectivity index (χ0n) is 4.67. The van der Waals surface area contributed by atoms with Crippen molar-refractivity contribution in [1.29, 1.82) is 0 Å². The molecule has 7 heteroatoms. The highest BCUT2D eigenvalue weighted by molar-refractivity contribution is 7.80. The van der Waals surface area contributed by atoms with Crippen LogP contribution in [0, 0.1) is 0 Å². The van der Waals surface area contributed by atoms with Crippen molar-refractivity contribution in [3.05, 3.63) is 0 Å². The molecule has 1 fully saturated rings. The van der Waals surface area contributed by atoms with Gasteiger partial charge in [-0.1, -0.05) is 0 Å². The van der Waals surface area contributed by atoms with Crippen LogP contribution < -0.4 is 10.6 Å². The number of aliphatic hydroxyl groups excluding tert-OH is 1. The van der Waals surface area contributed by atoms with Crippen LogP contribution in [0.5, 0.6) is 0 Å². The highest BCUT2D eigenvalue weighted by Crippen LogP contribution is 2.02. The van der Waals surface area contributed by atoms with Gasteiger partial charge in [0, 0.05) is 11.8 Å². The number of aliphatic hydroxyl groups is 1. The van der Waals surface area contributed by atoms with E-state index in [1.165, 1.54) is 0 Å². The lowest BCUT2D eigenvalue weighted by Gasteiger charge is -2.28. The predicted octanol–water partition coefficient (Wildman–Crippen LogP) is -0.684. The van der Waals surface area contributed by atoms with E-state index < -0.39 is 12.4 Å². The third kappa shape index (κ3) is 1.28. The number of nitrogens with one attached hydrogen (secondary N) is 2. The predicted molar refractivity (Wildman–Crippen MR) is 38.0 cm³/mol. The Morgan fingerprint density at radius 3 is 2.90 bits per heavy atom. The number of amides is 2. The Hall–Kier alpha value is -0.590. The van der Waals surface area contributed by atoms with Crippen LogP contribution in [-0.2, 0) is 0 Å². The SMILES string of the molecule is O=C1NC(=S)N(Cl)C(O)N1. The summed E-state index contributed by atoms with van der Waals surface area (Å²) in [5.41, 5.74) is 0. The van der Waals surface area contributed by atoms with Crippen LogP contribution in [0.2, 0.25) is 0 Å². The molecule has 1 aliphatic rings. The Morgan fingerprint density at radius 1 is 1.80 bits per heavy atom. The number of carbonyl (C=O) groups excluding carboxylic acids is 1. The number of halogens is 1. The maximum Gasteiger partial charge on any atom is 0.324 e. The second kappa shape index (κ2) is 2.57. The summed E-state index contributed by atoms with van der Waals surface area (Å²) >= 11 is 9.89. The number of hydrogen-bond donors (Lipinski definition) is 3. The summed E-state index contributed by atoms with van der Waals surface area (Å²) in [5.74, 6) is 0. The quantitative estimate of drug-likeness (QED) is 0.342. The minimum Gasteiger partial charge on any atom is -0.355 e. The topological polar surface area (TPSA) is 64.6 Å². The molecule has 0 aromatic heterocycles. The first-order chi connectivity index (χ1) is 4.61. The summed E-state index contributed by atoms with van der Waals surface area (Å²) < 4.78 is 0.802. The molecular formula is C3H4ClN3O2S. The largest absolute Gasteiger partial charge is 0.355 e. The van der Waals surface area contributed by atoms with Crippen molar-refractivity contribution in [3.8, 4) is 0 Å². The Labute approximate surface area is 67.1 Å². The molecule has 0 aromatic rings. The van der Waals surface area contributed by atoms with Gasteiger partial charge in [0.1, 0.15) is 0 Å². The van der Waals surface area contributed by atoms with E-state index in [2.05, 4.69) is 22.9 Å². The van der Waals surface area contributed by atoms with Crippen LogP contribution in [0.15, 0.2) is 0 Å². The Kier molecular flexibility index (Phi) is 1.93. The van der Waals surface area contributed by atoms with Gasteiger partial charge in [-0.05, 0) is 12.2 Å². The minimum atomic E-state index is -1.25. The van der Waals surface area contributed by atoms with Gasteiger partial charge in [-0.2, -0.15) is 0 Å². The fraction of sp³-hybridized carbons (Fsp3) is 0.333. The molecule has 56 valence electrons. The third-order valence-electron chi connectivity index (χ3n) is 0.889. The summed E-state index contributed by atoms with van der Waals surface area (Å²) in [6, 6.07) is -0.561. The minimum absolute atomic E-state index is 0.0158. The van der Waals surface area contributed by atoms with E-state index in [0.29, 0.717) is 0 Å². The van der Waals surface area contributed by atoms with Gasteiger partial charge in [-0.3, -0.25) is 10.6 Å². The molecular weight excluding hydrogens is 178 g/mol. The maximum atomic E-state index is 10.5. The van der Waals surface area contributed by atoms with Gasteiger partial charge in [0.05, 0.1) is 0 Å². The molecule has 2 amide bonds. The number of thiocarbonyl (C=S) groups is 1. The lowest BCUT2D eigenvalue weighted by molar-refractivity contribution is 0.0709. The zero-order valence-corrected chi connectivity index (χ0v) is 6.24. The lowest BCUT2D eigenvalue weighted by Crippen LogP contribution is -2.60. The lowest BCUT2D eigenvalue weighted by atomic mass is 10.7. The molecule has 0 radical (unpaired) electrons. The van der Waals surface area contributed by atoms with E-state index >= 15 is 0 Å². The van der Waals surface area contributed by atoms with Gasteiger partial charge in [0.25, 0.3) is 0 Å². The van der Waals surface area contributed by atoms with Crippen molar-refractivity contribution in [1.82, 2.24) is 15.1 Å². The molecule has 5 nitrogen and oxygen atoms in total. The first-order valence-corrected chi connectivity index (χ1v) is 3.10. The molecule has 3 N–H and O–H groups in total. The van der Waals surface area contributed by atoms with Crippen molar-refractivity contribution in [3.63, 3.8) is 0 Å². The first kappa shape index (κ1) is 7.52. The van der Waals surface area contributed by atoms with Crippen LogP contribution in [0.1, 0.15) is 0 Å². The van der Waals surface area contributed by atoms with Crippen LogP contribution in [0.4, 0.5) is 4.79 Å². The number of urea groups is 1. The summed E-state index contributed by atoms with van der Waals surface area (Å²) in [5, 5.41) is 13.1. The summed E-state index contributed by atoms with van der Waals surface area (Å²) in [4.78, 5) is 10.5. The first-order valence-electron chi connectivity index (χ1n) is 2.36. The van der Waals surface area contributed by atoms with Crippen molar-refractivity contribution in [2.75, 3.05) is 0 Å². The Bertz CT molecular complexity index is 187. The van der Waals surface area contributed by atoms with E-state index in [1.807, 2.05) is 0 Å². The fourth-order valence-electron chi connectivity index (χ4n) is 0.472. The molecule has 10 heavy (non-hydrogen) atoms. The number of hydrogen-bond acceptors (Lipinski definition) is 3. The van der Waals surface area contributed by atoms with Gasteiger partial charge in [-0.25, -0.2) is 9.21 Å². The summed E-state index contributed by atoms with van der Waals surface area (Å²) in [6.07, 6.45) is -1.25. The summed E-state index contributed by atoms with van der Waals surface area (Å²) in [6.45, 7) is 0. The van der Waals surface area contributed by atoms with E-state index in [-0.39, 0.29) is 5.11 Å². The Balaban J connectivity index is 2.66. The number of carbonyl (C=O) groups is 1. The van der Waals surface area contributed by atoms with Gasteiger partial charge >= 0.3 is 6.03 Å². The van der Waals surface area contributed by atoms with Crippen LogP contribution in [-0.4, -0.2) is 27.0 Å². The van der Waals surface area contributed by atoms with Gasteiger partial charge in [0.2, 0.25) is 6.35 Å². The molecule has 1 atom stereocenters. The van der Waals surface area contributed by atoms with Crippen LogP contribution >= 0.6 is 24.0 Å². The van der Waals surface area contributed by atoms with Crippen LogP contribution in [0.25, 0.3) is 0 Å². The second-order valence-electron chi connectivity index (χ2n) is 1.59. The number of nitrogens with zero attached hydrogens (tertiary/aromatic N) is 1. The second-order valence-corrected chi connectivity index (χ2v) is 2.34. The van der Waals surface area contributed by atoms with E-state index in [9.17, 15) is 4.79 Å². The van der Waals surface area contributed by atoms with Crippen molar-refractivity contribution >= 4 is 35.1 Å². The third-order valence-corrected chi connectivity index (χ3v) is 1.64. The standard InChI is InChI=1S/C3H4ClN3O2S/c4-7-2(9)5-1(8)6-3(7)10/h2,9H,(H2,5,6,8,10). The maximum absolute atomic E-state index is 10.5. The van der Waals surface area contributed by atoms with Crippen molar-refractivity contribution in [2.45, 2.75) is 6.35 Å². The molecule has 1 rings (SSSR count). The molecule has 0 saturated carbocycles. The smallest absolute Gasteiger partial charge is 0.324 e.